The molecule has 220 valence electrons. The summed E-state index contributed by atoms with van der Waals surface area (Å²) in [5, 5.41) is 0. The van der Waals surface area contributed by atoms with E-state index < -0.39 is 0 Å². The van der Waals surface area contributed by atoms with E-state index in [-0.39, 0.29) is 0 Å². The molecule has 0 N–H and O–H groups in total. The van der Waals surface area contributed by atoms with Gasteiger partial charge in [-0.05, 0) is 162 Å². The van der Waals surface area contributed by atoms with Crippen LogP contribution in [0, 0.1) is 59.2 Å². The number of rotatable bonds is 5. The first-order chi connectivity index (χ1) is 19.1. The molecule has 0 heterocycles. The van der Waals surface area contributed by atoms with E-state index in [4.69, 9.17) is 0 Å². The van der Waals surface area contributed by atoms with Gasteiger partial charge in [-0.15, -0.1) is 0 Å². The van der Waals surface area contributed by atoms with Gasteiger partial charge in [-0.25, -0.2) is 0 Å². The van der Waals surface area contributed by atoms with Crippen molar-refractivity contribution in [1.82, 2.24) is 4.90 Å². The lowest BCUT2D eigenvalue weighted by Crippen LogP contribution is -2.61. The molecule has 0 aromatic rings. The van der Waals surface area contributed by atoms with Gasteiger partial charge in [-0.1, -0.05) is 58.1 Å². The summed E-state index contributed by atoms with van der Waals surface area (Å²) in [6.07, 6.45) is 37.4. The SMILES string of the molecule is CC1CCC(C=CC2CCC(N(C3CCC(C)CC3)C3CCC4CCC5CCCC6CCC3C4C56)CC2)CC1. The minimum absolute atomic E-state index is 0.876. The van der Waals surface area contributed by atoms with Crippen molar-refractivity contribution in [2.45, 2.75) is 167 Å². The van der Waals surface area contributed by atoms with Crippen molar-refractivity contribution in [1.29, 1.82) is 0 Å². The maximum atomic E-state index is 3.34. The van der Waals surface area contributed by atoms with Crippen LogP contribution in [0.1, 0.15) is 149 Å². The predicted octanol–water partition coefficient (Wildman–Crippen LogP) is 10.4. The van der Waals surface area contributed by atoms with Gasteiger partial charge >= 0.3 is 0 Å². The number of nitrogens with zero attached hydrogens (tertiary/aromatic N) is 1. The fraction of sp³-hybridized carbons (Fsp3) is 0.947. The normalized spacial score (nSPS) is 50.6. The van der Waals surface area contributed by atoms with Gasteiger partial charge in [0.1, 0.15) is 0 Å². The Morgan fingerprint density at radius 3 is 1.51 bits per heavy atom. The van der Waals surface area contributed by atoms with Crippen LogP contribution in [0.5, 0.6) is 0 Å². The zero-order valence-corrected chi connectivity index (χ0v) is 26.0. The van der Waals surface area contributed by atoms with Crippen LogP contribution in [0.4, 0.5) is 0 Å². The summed E-state index contributed by atoms with van der Waals surface area (Å²) in [6, 6.07) is 2.74. The first-order valence-electron chi connectivity index (χ1n) is 18.6. The van der Waals surface area contributed by atoms with E-state index in [1.54, 1.807) is 57.8 Å². The lowest BCUT2D eigenvalue weighted by atomic mass is 9.47. The van der Waals surface area contributed by atoms with E-state index in [0.29, 0.717) is 0 Å². The third-order valence-electron chi connectivity index (χ3n) is 14.5. The molecule has 0 spiro atoms. The van der Waals surface area contributed by atoms with Gasteiger partial charge in [0.05, 0.1) is 0 Å². The third-order valence-corrected chi connectivity index (χ3v) is 14.5. The van der Waals surface area contributed by atoms with Gasteiger partial charge in [-0.2, -0.15) is 0 Å². The molecule has 7 rings (SSSR count). The highest BCUT2D eigenvalue weighted by Crippen LogP contribution is 2.61. The molecule has 0 aliphatic heterocycles. The van der Waals surface area contributed by atoms with Gasteiger partial charge in [0.2, 0.25) is 0 Å². The molecular weight excluding hydrogens is 470 g/mol. The Bertz CT molecular complexity index is 801. The molecule has 1 nitrogen and oxygen atoms in total. The molecule has 7 unspecified atom stereocenters. The van der Waals surface area contributed by atoms with Crippen LogP contribution in [0.15, 0.2) is 12.2 Å². The Balaban J connectivity index is 1.06. The van der Waals surface area contributed by atoms with E-state index in [1.807, 2.05) is 0 Å². The lowest BCUT2D eigenvalue weighted by molar-refractivity contribution is -0.124. The maximum absolute atomic E-state index is 3.34. The number of allylic oxidation sites excluding steroid dienone is 2. The van der Waals surface area contributed by atoms with Gasteiger partial charge < -0.3 is 0 Å². The highest BCUT2D eigenvalue weighted by molar-refractivity contribution is 5.07. The molecule has 0 saturated heterocycles. The molecule has 0 radical (unpaired) electrons. The third kappa shape index (κ3) is 5.71. The van der Waals surface area contributed by atoms with Crippen LogP contribution >= 0.6 is 0 Å². The fourth-order valence-electron chi connectivity index (χ4n) is 12.4. The second kappa shape index (κ2) is 12.1. The minimum Gasteiger partial charge on any atom is -0.294 e. The second-order valence-corrected chi connectivity index (χ2v) is 16.7. The minimum atomic E-state index is 0.876. The molecule has 7 saturated carbocycles. The van der Waals surface area contributed by atoms with E-state index in [0.717, 1.165) is 77.3 Å². The summed E-state index contributed by atoms with van der Waals surface area (Å²) < 4.78 is 0. The van der Waals surface area contributed by atoms with Crippen LogP contribution < -0.4 is 0 Å². The largest absolute Gasteiger partial charge is 0.294 e. The van der Waals surface area contributed by atoms with Crippen LogP contribution in [0.2, 0.25) is 0 Å². The van der Waals surface area contributed by atoms with E-state index in [9.17, 15) is 0 Å². The summed E-state index contributed by atoms with van der Waals surface area (Å²) in [7, 11) is 0. The van der Waals surface area contributed by atoms with Crippen LogP contribution in [-0.4, -0.2) is 23.0 Å². The lowest BCUT2D eigenvalue weighted by Gasteiger charge is -2.62. The quantitative estimate of drug-likeness (QED) is 0.318. The Kier molecular flexibility index (Phi) is 8.56. The zero-order valence-electron chi connectivity index (χ0n) is 26.0. The van der Waals surface area contributed by atoms with Gasteiger partial charge in [0, 0.05) is 18.1 Å². The topological polar surface area (TPSA) is 3.24 Å². The van der Waals surface area contributed by atoms with Gasteiger partial charge in [-0.3, -0.25) is 4.90 Å². The van der Waals surface area contributed by atoms with Crippen molar-refractivity contribution in [3.05, 3.63) is 12.2 Å². The monoisotopic (exact) mass is 533 g/mol. The van der Waals surface area contributed by atoms with Crippen molar-refractivity contribution in [2.24, 2.45) is 59.2 Å². The van der Waals surface area contributed by atoms with Crippen molar-refractivity contribution in [3.63, 3.8) is 0 Å². The van der Waals surface area contributed by atoms with E-state index >= 15 is 0 Å². The Labute approximate surface area is 242 Å². The summed E-state index contributed by atoms with van der Waals surface area (Å²) in [5.41, 5.74) is 0. The average molecular weight is 534 g/mol. The van der Waals surface area contributed by atoms with E-state index in [1.165, 1.54) is 77.0 Å². The van der Waals surface area contributed by atoms with Crippen LogP contribution in [0.25, 0.3) is 0 Å². The van der Waals surface area contributed by atoms with Crippen molar-refractivity contribution in [3.8, 4) is 0 Å². The fourth-order valence-corrected chi connectivity index (χ4v) is 12.4. The summed E-state index contributed by atoms with van der Waals surface area (Å²) in [5.74, 6) is 10.4. The molecular formula is C38H63N. The van der Waals surface area contributed by atoms with Crippen molar-refractivity contribution >= 4 is 0 Å². The standard InChI is InChI=1S/C38H63N/c1-26-6-10-28(11-7-26)12-13-29-14-22-34(23-15-29)39(33-20-8-27(2)9-21-33)36-25-19-32-17-16-30-4-3-5-31-18-24-35(36)38(32)37(30)31/h12-13,26-38H,3-11,14-25H2,1-2H3. The first kappa shape index (κ1) is 27.5. The maximum Gasteiger partial charge on any atom is 0.0132 e. The molecule has 7 atom stereocenters. The Morgan fingerprint density at radius 1 is 0.436 bits per heavy atom. The van der Waals surface area contributed by atoms with Crippen molar-refractivity contribution < 1.29 is 0 Å². The van der Waals surface area contributed by atoms with Gasteiger partial charge in [0.15, 0.2) is 0 Å². The molecule has 39 heavy (non-hydrogen) atoms. The molecule has 0 aromatic carbocycles. The van der Waals surface area contributed by atoms with Crippen molar-refractivity contribution in [2.75, 3.05) is 0 Å². The Morgan fingerprint density at radius 2 is 0.897 bits per heavy atom. The molecule has 0 aromatic heterocycles. The smallest absolute Gasteiger partial charge is 0.0132 e. The Hall–Kier alpha value is -0.300. The number of hydrogen-bond acceptors (Lipinski definition) is 1. The summed E-state index contributed by atoms with van der Waals surface area (Å²) >= 11 is 0. The number of hydrogen-bond donors (Lipinski definition) is 0. The average Bonchev–Trinajstić information content (AvgIpc) is 2.98. The molecule has 7 aliphatic rings. The molecule has 0 amide bonds. The summed E-state index contributed by atoms with van der Waals surface area (Å²) in [6.45, 7) is 4.99. The van der Waals surface area contributed by atoms with Crippen LogP contribution in [-0.2, 0) is 0 Å². The molecule has 1 heteroatoms. The highest BCUT2D eigenvalue weighted by Gasteiger charge is 2.55. The molecule has 7 aliphatic carbocycles. The molecule has 0 bridgehead atoms. The van der Waals surface area contributed by atoms with E-state index in [2.05, 4.69) is 30.9 Å². The second-order valence-electron chi connectivity index (χ2n) is 16.7. The molecule has 7 fully saturated rings. The summed E-state index contributed by atoms with van der Waals surface area (Å²) in [4.78, 5) is 3.34. The van der Waals surface area contributed by atoms with Gasteiger partial charge in [0.25, 0.3) is 0 Å². The van der Waals surface area contributed by atoms with Crippen LogP contribution in [0.3, 0.4) is 0 Å². The predicted molar refractivity (Wildman–Crippen MR) is 166 cm³/mol. The highest BCUT2D eigenvalue weighted by atomic mass is 15.2. The first-order valence-corrected chi connectivity index (χ1v) is 18.6. The zero-order chi connectivity index (χ0) is 26.3.